The highest BCUT2D eigenvalue weighted by molar-refractivity contribution is 6.28. The van der Waals surface area contributed by atoms with Crippen LogP contribution in [0.1, 0.15) is 18.9 Å². The molecule has 1 aromatic heterocycles. The normalized spacial score (nSPS) is 10.4. The number of nitrogens with zero attached hydrogens (tertiary/aromatic N) is 2. The third-order valence-electron chi connectivity index (χ3n) is 2.36. The standard InChI is InChI=1S/C13H12ClFN2O/c1-2-3-9-4-6-10(7-5-9)18-12-11(15)8-16-13(14)17-12/h4-8H,2-3H2,1H3. The van der Waals surface area contributed by atoms with Gasteiger partial charge in [0.2, 0.25) is 11.1 Å². The highest BCUT2D eigenvalue weighted by atomic mass is 35.5. The molecule has 18 heavy (non-hydrogen) atoms. The third kappa shape index (κ3) is 3.17. The summed E-state index contributed by atoms with van der Waals surface area (Å²) in [5.74, 6) is -0.293. The van der Waals surface area contributed by atoms with E-state index in [1.807, 2.05) is 12.1 Å². The molecule has 0 bridgehead atoms. The van der Waals surface area contributed by atoms with Gasteiger partial charge >= 0.3 is 0 Å². The molecule has 0 unspecified atom stereocenters. The van der Waals surface area contributed by atoms with Crippen molar-refractivity contribution >= 4 is 11.6 Å². The molecule has 1 aromatic carbocycles. The summed E-state index contributed by atoms with van der Waals surface area (Å²) in [5.41, 5.74) is 1.21. The van der Waals surface area contributed by atoms with E-state index < -0.39 is 5.82 Å². The van der Waals surface area contributed by atoms with Crippen LogP contribution in [0.2, 0.25) is 5.28 Å². The number of benzene rings is 1. The molecular weight excluding hydrogens is 255 g/mol. The van der Waals surface area contributed by atoms with Gasteiger partial charge in [0.25, 0.3) is 5.88 Å². The molecule has 2 aromatic rings. The third-order valence-corrected chi connectivity index (χ3v) is 2.54. The van der Waals surface area contributed by atoms with Crippen LogP contribution in [0.4, 0.5) is 4.39 Å². The van der Waals surface area contributed by atoms with Crippen molar-refractivity contribution in [1.82, 2.24) is 9.97 Å². The second kappa shape index (κ2) is 5.78. The molecule has 5 heteroatoms. The quantitative estimate of drug-likeness (QED) is 0.784. The first kappa shape index (κ1) is 12.8. The van der Waals surface area contributed by atoms with E-state index in [-0.39, 0.29) is 11.2 Å². The first-order valence-corrected chi connectivity index (χ1v) is 6.01. The van der Waals surface area contributed by atoms with Gasteiger partial charge in [-0.15, -0.1) is 0 Å². The summed E-state index contributed by atoms with van der Waals surface area (Å²) in [6, 6.07) is 7.44. The van der Waals surface area contributed by atoms with Crippen molar-refractivity contribution < 1.29 is 9.13 Å². The van der Waals surface area contributed by atoms with E-state index in [9.17, 15) is 4.39 Å². The fourth-order valence-corrected chi connectivity index (χ4v) is 1.65. The van der Waals surface area contributed by atoms with Gasteiger partial charge in [-0.3, -0.25) is 0 Å². The second-order valence-electron chi connectivity index (χ2n) is 3.79. The van der Waals surface area contributed by atoms with Gasteiger partial charge in [-0.2, -0.15) is 9.37 Å². The lowest BCUT2D eigenvalue weighted by atomic mass is 10.1. The van der Waals surface area contributed by atoms with Crippen LogP contribution in [0, 0.1) is 5.82 Å². The molecule has 0 saturated carbocycles. The van der Waals surface area contributed by atoms with Crippen molar-refractivity contribution in [2.75, 3.05) is 0 Å². The van der Waals surface area contributed by atoms with E-state index in [1.54, 1.807) is 12.1 Å². The van der Waals surface area contributed by atoms with Crippen LogP contribution in [0.25, 0.3) is 0 Å². The summed E-state index contributed by atoms with van der Waals surface area (Å²) in [4.78, 5) is 7.20. The van der Waals surface area contributed by atoms with Crippen molar-refractivity contribution in [2.45, 2.75) is 19.8 Å². The van der Waals surface area contributed by atoms with Gasteiger partial charge < -0.3 is 4.74 Å². The lowest BCUT2D eigenvalue weighted by Gasteiger charge is -2.06. The molecule has 0 aliphatic rings. The maximum atomic E-state index is 13.3. The summed E-state index contributed by atoms with van der Waals surface area (Å²) in [6.45, 7) is 2.11. The topological polar surface area (TPSA) is 35.0 Å². The second-order valence-corrected chi connectivity index (χ2v) is 4.13. The van der Waals surface area contributed by atoms with Gasteiger partial charge in [-0.1, -0.05) is 25.5 Å². The summed E-state index contributed by atoms with van der Waals surface area (Å²) >= 11 is 5.58. The van der Waals surface area contributed by atoms with Crippen molar-refractivity contribution in [3.8, 4) is 11.6 Å². The van der Waals surface area contributed by atoms with Crippen LogP contribution < -0.4 is 4.74 Å². The number of halogens is 2. The van der Waals surface area contributed by atoms with E-state index >= 15 is 0 Å². The highest BCUT2D eigenvalue weighted by Crippen LogP contribution is 2.23. The molecule has 0 aliphatic carbocycles. The Morgan fingerprint density at radius 1 is 1.28 bits per heavy atom. The minimum atomic E-state index is -0.642. The first-order valence-electron chi connectivity index (χ1n) is 5.64. The lowest BCUT2D eigenvalue weighted by Crippen LogP contribution is -1.94. The molecule has 2 rings (SSSR count). The molecule has 0 N–H and O–H groups in total. The van der Waals surface area contributed by atoms with E-state index in [4.69, 9.17) is 16.3 Å². The van der Waals surface area contributed by atoms with Gasteiger partial charge in [0, 0.05) is 0 Å². The SMILES string of the molecule is CCCc1ccc(Oc2nc(Cl)ncc2F)cc1. The Morgan fingerprint density at radius 2 is 2.00 bits per heavy atom. The minimum Gasteiger partial charge on any atom is -0.436 e. The molecule has 0 aliphatic heterocycles. The van der Waals surface area contributed by atoms with Gasteiger partial charge in [0.15, 0.2) is 0 Å². The van der Waals surface area contributed by atoms with Crippen molar-refractivity contribution in [2.24, 2.45) is 0 Å². The van der Waals surface area contributed by atoms with Gasteiger partial charge in [-0.05, 0) is 35.7 Å². The van der Waals surface area contributed by atoms with Crippen LogP contribution in [-0.4, -0.2) is 9.97 Å². The number of hydrogen-bond acceptors (Lipinski definition) is 3. The zero-order valence-electron chi connectivity index (χ0n) is 9.86. The van der Waals surface area contributed by atoms with Crippen LogP contribution in [0.3, 0.4) is 0 Å². The Bertz CT molecular complexity index is 531. The molecule has 0 radical (unpaired) electrons. The zero-order chi connectivity index (χ0) is 13.0. The Hall–Kier alpha value is -1.68. The number of rotatable bonds is 4. The highest BCUT2D eigenvalue weighted by Gasteiger charge is 2.08. The Labute approximate surface area is 110 Å². The Balaban J connectivity index is 2.15. The summed E-state index contributed by atoms with van der Waals surface area (Å²) < 4.78 is 18.7. The molecule has 0 saturated heterocycles. The van der Waals surface area contributed by atoms with Crippen LogP contribution in [0.15, 0.2) is 30.5 Å². The predicted octanol–water partition coefficient (Wildman–Crippen LogP) is 4.01. The predicted molar refractivity (Wildman–Crippen MR) is 67.5 cm³/mol. The number of aromatic nitrogens is 2. The maximum Gasteiger partial charge on any atom is 0.260 e. The Morgan fingerprint density at radius 3 is 2.67 bits per heavy atom. The van der Waals surface area contributed by atoms with Crippen LogP contribution >= 0.6 is 11.6 Å². The number of ether oxygens (including phenoxy) is 1. The van der Waals surface area contributed by atoms with Crippen molar-refractivity contribution in [3.05, 3.63) is 47.1 Å². The maximum absolute atomic E-state index is 13.3. The van der Waals surface area contributed by atoms with E-state index in [0.717, 1.165) is 19.0 Å². The number of aryl methyl sites for hydroxylation is 1. The van der Waals surface area contributed by atoms with Gasteiger partial charge in [-0.25, -0.2) is 4.98 Å². The molecule has 0 amide bonds. The molecule has 3 nitrogen and oxygen atoms in total. The molecule has 94 valence electrons. The van der Waals surface area contributed by atoms with E-state index in [1.165, 1.54) is 5.56 Å². The van der Waals surface area contributed by atoms with Crippen molar-refractivity contribution in [3.63, 3.8) is 0 Å². The smallest absolute Gasteiger partial charge is 0.260 e. The molecular formula is C13H12ClFN2O. The number of hydrogen-bond donors (Lipinski definition) is 0. The first-order chi connectivity index (χ1) is 8.69. The average Bonchev–Trinajstić information content (AvgIpc) is 2.37. The minimum absolute atomic E-state index is 0.0472. The average molecular weight is 267 g/mol. The summed E-state index contributed by atoms with van der Waals surface area (Å²) in [6.07, 6.45) is 3.07. The summed E-state index contributed by atoms with van der Waals surface area (Å²) in [7, 11) is 0. The van der Waals surface area contributed by atoms with Crippen molar-refractivity contribution in [1.29, 1.82) is 0 Å². The fourth-order valence-electron chi connectivity index (χ4n) is 1.53. The molecule has 0 spiro atoms. The largest absolute Gasteiger partial charge is 0.436 e. The van der Waals surface area contributed by atoms with E-state index in [2.05, 4.69) is 16.9 Å². The lowest BCUT2D eigenvalue weighted by molar-refractivity contribution is 0.419. The van der Waals surface area contributed by atoms with Crippen LogP contribution in [-0.2, 0) is 6.42 Å². The Kier molecular flexibility index (Phi) is 4.10. The van der Waals surface area contributed by atoms with Gasteiger partial charge in [0.05, 0.1) is 6.20 Å². The van der Waals surface area contributed by atoms with Gasteiger partial charge in [0.1, 0.15) is 5.75 Å². The fraction of sp³-hybridized carbons (Fsp3) is 0.231. The van der Waals surface area contributed by atoms with Crippen LogP contribution in [0.5, 0.6) is 11.6 Å². The molecule has 0 atom stereocenters. The molecule has 1 heterocycles. The zero-order valence-corrected chi connectivity index (χ0v) is 10.6. The molecule has 0 fully saturated rings. The monoisotopic (exact) mass is 266 g/mol. The van der Waals surface area contributed by atoms with E-state index in [0.29, 0.717) is 5.75 Å². The summed E-state index contributed by atoms with van der Waals surface area (Å²) in [5, 5.41) is -0.0472.